The molecule has 4 rings (SSSR count). The third-order valence-electron chi connectivity index (χ3n) is 7.38. The van der Waals surface area contributed by atoms with Crippen LogP contribution in [-0.4, -0.2) is 70.9 Å². The number of nitrogens with zero attached hydrogens (tertiary/aromatic N) is 1. The van der Waals surface area contributed by atoms with E-state index in [1.165, 1.54) is 6.92 Å². The highest BCUT2D eigenvalue weighted by Gasteiger charge is 2.51. The molecule has 3 aliphatic rings. The SMILES string of the molecule is COc1ccc2c(c1)OC(C)(C)[C@H]1C[C@@H]3CN(C(=O)[C@H](CC[S@](C)=O)NC(C)=O)CC[C@@H]3O[C@H]21. The lowest BCUT2D eigenvalue weighted by atomic mass is 9.70. The van der Waals surface area contributed by atoms with Crippen molar-refractivity contribution in [1.82, 2.24) is 10.2 Å². The number of rotatable bonds is 6. The standard InChI is InChI=1S/C25H36N2O6S/c1-15(28)26-20(9-11-34(5)30)24(29)27-10-8-21-16(14-27)12-19-23(32-21)18-7-6-17(31-4)13-22(18)33-25(19,2)3/h6-7,13,16,19-21,23H,8-12,14H2,1-5H3,(H,26,28)/t16-,19+,20+,21+,23-,34+/m1/s1. The van der Waals surface area contributed by atoms with Crippen LogP contribution < -0.4 is 14.8 Å². The molecular weight excluding hydrogens is 456 g/mol. The van der Waals surface area contributed by atoms with Crippen LogP contribution in [-0.2, 0) is 25.1 Å². The minimum Gasteiger partial charge on any atom is -0.497 e. The molecule has 188 valence electrons. The highest BCUT2D eigenvalue weighted by molar-refractivity contribution is 7.84. The summed E-state index contributed by atoms with van der Waals surface area (Å²) in [4.78, 5) is 26.8. The van der Waals surface area contributed by atoms with E-state index < -0.39 is 22.4 Å². The number of carbonyl (C=O) groups is 2. The van der Waals surface area contributed by atoms with Crippen LogP contribution in [0.15, 0.2) is 18.2 Å². The molecule has 1 aromatic carbocycles. The fourth-order valence-electron chi connectivity index (χ4n) is 5.62. The average molecular weight is 493 g/mol. The summed E-state index contributed by atoms with van der Waals surface area (Å²) in [7, 11) is 0.620. The van der Waals surface area contributed by atoms with Gasteiger partial charge in [-0.15, -0.1) is 0 Å². The number of nitrogens with one attached hydrogen (secondary N) is 1. The second-order valence-corrected chi connectivity index (χ2v) is 11.8. The number of likely N-dealkylation sites (tertiary alicyclic amines) is 1. The molecule has 0 saturated carbocycles. The van der Waals surface area contributed by atoms with Gasteiger partial charge in [0.1, 0.15) is 23.1 Å². The average Bonchev–Trinajstić information content (AvgIpc) is 2.79. The van der Waals surface area contributed by atoms with Crippen molar-refractivity contribution in [1.29, 1.82) is 0 Å². The monoisotopic (exact) mass is 492 g/mol. The predicted molar refractivity (Wildman–Crippen MR) is 129 cm³/mol. The van der Waals surface area contributed by atoms with E-state index in [0.29, 0.717) is 25.3 Å². The Kier molecular flexibility index (Phi) is 7.24. The van der Waals surface area contributed by atoms with Crippen LogP contribution in [0, 0.1) is 11.8 Å². The molecule has 0 aromatic heterocycles. The zero-order chi connectivity index (χ0) is 24.6. The highest BCUT2D eigenvalue weighted by atomic mass is 32.2. The quantitative estimate of drug-likeness (QED) is 0.656. The van der Waals surface area contributed by atoms with Crippen LogP contribution in [0.1, 0.15) is 51.7 Å². The van der Waals surface area contributed by atoms with Gasteiger partial charge in [-0.1, -0.05) is 0 Å². The van der Waals surface area contributed by atoms with E-state index in [2.05, 4.69) is 19.2 Å². The van der Waals surface area contributed by atoms with Crippen molar-refractivity contribution in [3.05, 3.63) is 23.8 Å². The number of amides is 2. The Morgan fingerprint density at radius 2 is 2.12 bits per heavy atom. The summed E-state index contributed by atoms with van der Waals surface area (Å²) in [6, 6.07) is 5.26. The van der Waals surface area contributed by atoms with Crippen molar-refractivity contribution in [2.75, 3.05) is 32.2 Å². The van der Waals surface area contributed by atoms with Crippen LogP contribution in [0.2, 0.25) is 0 Å². The van der Waals surface area contributed by atoms with Crippen molar-refractivity contribution >= 4 is 22.6 Å². The Morgan fingerprint density at radius 1 is 1.35 bits per heavy atom. The van der Waals surface area contributed by atoms with Gasteiger partial charge in [0.2, 0.25) is 11.8 Å². The van der Waals surface area contributed by atoms with E-state index in [4.69, 9.17) is 14.2 Å². The summed E-state index contributed by atoms with van der Waals surface area (Å²) >= 11 is 0. The van der Waals surface area contributed by atoms with Crippen molar-refractivity contribution in [3.63, 3.8) is 0 Å². The maximum Gasteiger partial charge on any atom is 0.245 e. The first-order valence-electron chi connectivity index (χ1n) is 12.0. The smallest absolute Gasteiger partial charge is 0.245 e. The van der Waals surface area contributed by atoms with Gasteiger partial charge < -0.3 is 24.4 Å². The molecule has 2 amide bonds. The van der Waals surface area contributed by atoms with Crippen LogP contribution in [0.3, 0.4) is 0 Å². The Hall–Kier alpha value is -2.13. The first-order valence-corrected chi connectivity index (χ1v) is 13.7. The number of carbonyl (C=O) groups excluding carboxylic acids is 2. The molecule has 8 nitrogen and oxygen atoms in total. The zero-order valence-corrected chi connectivity index (χ0v) is 21.5. The molecule has 1 aromatic rings. The van der Waals surface area contributed by atoms with E-state index >= 15 is 0 Å². The van der Waals surface area contributed by atoms with Crippen molar-refractivity contribution < 1.29 is 28.0 Å². The van der Waals surface area contributed by atoms with E-state index in [9.17, 15) is 13.8 Å². The van der Waals surface area contributed by atoms with Gasteiger partial charge in [0.15, 0.2) is 0 Å². The van der Waals surface area contributed by atoms with Gasteiger partial charge in [-0.25, -0.2) is 0 Å². The molecule has 2 saturated heterocycles. The largest absolute Gasteiger partial charge is 0.497 e. The molecule has 2 fully saturated rings. The summed E-state index contributed by atoms with van der Waals surface area (Å²) in [5.41, 5.74) is 0.630. The van der Waals surface area contributed by atoms with Crippen LogP contribution in [0.4, 0.5) is 0 Å². The van der Waals surface area contributed by atoms with Gasteiger partial charge in [0.05, 0.1) is 19.3 Å². The molecule has 0 bridgehead atoms. The molecule has 6 atom stereocenters. The number of hydrogen-bond acceptors (Lipinski definition) is 6. The number of benzene rings is 1. The lowest BCUT2D eigenvalue weighted by molar-refractivity contribution is -0.189. The molecule has 3 heterocycles. The topological polar surface area (TPSA) is 94.2 Å². The summed E-state index contributed by atoms with van der Waals surface area (Å²) in [5.74, 6) is 1.93. The summed E-state index contributed by atoms with van der Waals surface area (Å²) in [6.07, 6.45) is 3.63. The molecule has 9 heteroatoms. The normalized spacial score (nSPS) is 28.9. The maximum atomic E-state index is 13.3. The van der Waals surface area contributed by atoms with Crippen LogP contribution in [0.5, 0.6) is 11.5 Å². The third-order valence-corrected chi connectivity index (χ3v) is 8.19. The van der Waals surface area contributed by atoms with E-state index in [1.807, 2.05) is 23.1 Å². The van der Waals surface area contributed by atoms with Crippen molar-refractivity contribution in [3.8, 4) is 11.5 Å². The van der Waals surface area contributed by atoms with Crippen molar-refractivity contribution in [2.45, 2.75) is 63.9 Å². The van der Waals surface area contributed by atoms with Gasteiger partial charge in [0, 0.05) is 66.3 Å². The Labute approximate surface area is 204 Å². The lowest BCUT2D eigenvalue weighted by Crippen LogP contribution is -2.58. The van der Waals surface area contributed by atoms with Crippen molar-refractivity contribution in [2.24, 2.45) is 11.8 Å². The maximum absolute atomic E-state index is 13.3. The van der Waals surface area contributed by atoms with Gasteiger partial charge in [-0.3, -0.25) is 13.8 Å². The lowest BCUT2D eigenvalue weighted by Gasteiger charge is -2.53. The molecule has 0 spiro atoms. The van der Waals surface area contributed by atoms with E-state index in [-0.39, 0.29) is 35.9 Å². The number of methoxy groups -OCH3 is 1. The Bertz CT molecular complexity index is 967. The van der Waals surface area contributed by atoms with Gasteiger partial charge in [-0.2, -0.15) is 0 Å². The second kappa shape index (κ2) is 9.85. The number of fused-ring (bicyclic) bond motifs is 4. The van der Waals surface area contributed by atoms with Gasteiger partial charge in [0.25, 0.3) is 0 Å². The summed E-state index contributed by atoms with van der Waals surface area (Å²) in [5, 5.41) is 2.76. The predicted octanol–water partition coefficient (Wildman–Crippen LogP) is 2.43. The minimum absolute atomic E-state index is 0.0557. The fourth-order valence-corrected chi connectivity index (χ4v) is 6.19. The first kappa shape index (κ1) is 25.0. The number of piperidine rings is 1. The molecule has 1 N–H and O–H groups in total. The fraction of sp³-hybridized carbons (Fsp3) is 0.680. The molecular formula is C25H36N2O6S. The van der Waals surface area contributed by atoms with Crippen LogP contribution >= 0.6 is 0 Å². The van der Waals surface area contributed by atoms with Gasteiger partial charge >= 0.3 is 0 Å². The molecule has 0 unspecified atom stereocenters. The molecule has 34 heavy (non-hydrogen) atoms. The third kappa shape index (κ3) is 5.10. The second-order valence-electron chi connectivity index (χ2n) is 10.2. The Morgan fingerprint density at radius 3 is 2.79 bits per heavy atom. The number of ether oxygens (including phenoxy) is 3. The molecule has 0 radical (unpaired) electrons. The van der Waals surface area contributed by atoms with Crippen LogP contribution in [0.25, 0.3) is 0 Å². The first-order chi connectivity index (χ1) is 16.1. The zero-order valence-electron chi connectivity index (χ0n) is 20.7. The highest BCUT2D eigenvalue weighted by Crippen LogP contribution is 2.53. The van der Waals surface area contributed by atoms with E-state index in [0.717, 1.165) is 29.9 Å². The Balaban J connectivity index is 1.49. The molecule has 0 aliphatic carbocycles. The van der Waals surface area contributed by atoms with E-state index in [1.54, 1.807) is 13.4 Å². The summed E-state index contributed by atoms with van der Waals surface area (Å²) < 4.78 is 30.1. The number of hydrogen-bond donors (Lipinski definition) is 1. The molecule has 3 aliphatic heterocycles. The van der Waals surface area contributed by atoms with Gasteiger partial charge in [-0.05, 0) is 45.2 Å². The minimum atomic E-state index is -1.03. The summed E-state index contributed by atoms with van der Waals surface area (Å²) in [6.45, 7) is 6.77.